The van der Waals surface area contributed by atoms with E-state index in [-0.39, 0.29) is 18.5 Å². The molecule has 0 radical (unpaired) electrons. The van der Waals surface area contributed by atoms with E-state index >= 15 is 0 Å². The van der Waals surface area contributed by atoms with Crippen LogP contribution in [-0.2, 0) is 15.7 Å². The van der Waals surface area contributed by atoms with Crippen molar-refractivity contribution in [2.75, 3.05) is 19.8 Å². The molecule has 1 fully saturated rings. The molecule has 29 heavy (non-hydrogen) atoms. The van der Waals surface area contributed by atoms with Crippen molar-refractivity contribution >= 4 is 5.91 Å². The number of ether oxygens (including phenoxy) is 1. The number of carbonyl (C=O) groups excluding carboxylic acids is 1. The van der Waals surface area contributed by atoms with Crippen LogP contribution in [0, 0.1) is 0 Å². The van der Waals surface area contributed by atoms with Gasteiger partial charge in [0.1, 0.15) is 6.61 Å². The summed E-state index contributed by atoms with van der Waals surface area (Å²) in [7, 11) is 0. The minimum absolute atomic E-state index is 0.0416. The first-order valence-corrected chi connectivity index (χ1v) is 8.39. The summed E-state index contributed by atoms with van der Waals surface area (Å²) in [6, 6.07) is 3.28. The number of nitrogens with zero attached hydrogens (tertiary/aromatic N) is 1. The zero-order chi connectivity index (χ0) is 22.0. The van der Waals surface area contributed by atoms with Crippen molar-refractivity contribution in [3.8, 4) is 0 Å². The third-order valence-corrected chi connectivity index (χ3v) is 4.36. The van der Waals surface area contributed by atoms with Crippen molar-refractivity contribution < 1.29 is 49.8 Å². The summed E-state index contributed by atoms with van der Waals surface area (Å²) >= 11 is 0. The number of hydrogen-bond donors (Lipinski definition) is 1. The third kappa shape index (κ3) is 5.78. The van der Waals surface area contributed by atoms with Gasteiger partial charge in [0.15, 0.2) is 0 Å². The highest BCUT2D eigenvalue weighted by Crippen LogP contribution is 2.37. The van der Waals surface area contributed by atoms with Crippen LogP contribution in [0.5, 0.6) is 0 Å². The first-order valence-electron chi connectivity index (χ1n) is 8.39. The zero-order valence-corrected chi connectivity index (χ0v) is 14.7. The molecule has 2 rings (SSSR count). The number of aliphatic hydroxyl groups excluding tert-OH is 1. The number of halogens is 8. The van der Waals surface area contributed by atoms with E-state index in [9.17, 15) is 45.0 Å². The van der Waals surface area contributed by atoms with E-state index in [1.54, 1.807) is 0 Å². The van der Waals surface area contributed by atoms with Gasteiger partial charge in [0.25, 0.3) is 0 Å². The first-order chi connectivity index (χ1) is 13.2. The molecule has 1 N–H and O–H groups in total. The Morgan fingerprint density at radius 1 is 1.14 bits per heavy atom. The fraction of sp³-hybridized carbons (Fsp3) is 0.588. The molecule has 1 aromatic carbocycles. The van der Waals surface area contributed by atoms with Crippen molar-refractivity contribution in [1.29, 1.82) is 0 Å². The molecule has 4 nitrogen and oxygen atoms in total. The summed E-state index contributed by atoms with van der Waals surface area (Å²) < 4.78 is 105. The zero-order valence-electron chi connectivity index (χ0n) is 14.7. The second-order valence-corrected chi connectivity index (χ2v) is 6.58. The molecule has 0 bridgehead atoms. The number of alkyl halides is 8. The summed E-state index contributed by atoms with van der Waals surface area (Å²) in [6.45, 7) is -2.91. The normalized spacial score (nSPS) is 20.9. The molecule has 1 saturated heterocycles. The number of rotatable bonds is 6. The number of likely N-dealkylation sites (tertiary alicyclic amines) is 1. The van der Waals surface area contributed by atoms with Gasteiger partial charge in [-0.05, 0) is 24.1 Å². The SMILES string of the molecule is O=C(CCOCC(F)(F)C(F)(F)F)N1CC(O)CC1c1cccc(C(F)(F)F)c1. The number of β-amino-alcohol motifs (C(OH)–C–C–N with tert-alkyl or cyclic N) is 1. The minimum atomic E-state index is -5.79. The quantitative estimate of drug-likeness (QED) is 0.544. The van der Waals surface area contributed by atoms with Crippen LogP contribution in [0.4, 0.5) is 35.1 Å². The van der Waals surface area contributed by atoms with E-state index in [2.05, 4.69) is 4.74 Å². The molecular weight excluding hydrogens is 418 g/mol. The summed E-state index contributed by atoms with van der Waals surface area (Å²) in [5.41, 5.74) is -0.823. The lowest BCUT2D eigenvalue weighted by Crippen LogP contribution is -2.41. The van der Waals surface area contributed by atoms with Crippen LogP contribution in [-0.4, -0.2) is 53.9 Å². The Kier molecular flexibility index (Phi) is 6.78. The van der Waals surface area contributed by atoms with Crippen molar-refractivity contribution in [2.24, 2.45) is 0 Å². The van der Waals surface area contributed by atoms with Gasteiger partial charge in [0.05, 0.1) is 30.7 Å². The molecule has 1 amide bonds. The molecule has 2 atom stereocenters. The molecule has 1 aliphatic rings. The molecule has 0 aromatic heterocycles. The van der Waals surface area contributed by atoms with Gasteiger partial charge in [0.2, 0.25) is 5.91 Å². The smallest absolute Gasteiger partial charge is 0.391 e. The van der Waals surface area contributed by atoms with Crippen LogP contribution < -0.4 is 0 Å². The van der Waals surface area contributed by atoms with Crippen LogP contribution in [0.3, 0.4) is 0 Å². The number of aliphatic hydroxyl groups is 1. The highest BCUT2D eigenvalue weighted by atomic mass is 19.4. The van der Waals surface area contributed by atoms with Gasteiger partial charge in [-0.2, -0.15) is 35.1 Å². The van der Waals surface area contributed by atoms with Gasteiger partial charge >= 0.3 is 18.3 Å². The maximum absolute atomic E-state index is 12.9. The maximum Gasteiger partial charge on any atom is 0.455 e. The van der Waals surface area contributed by atoms with Crippen LogP contribution in [0.1, 0.15) is 30.0 Å². The Morgan fingerprint density at radius 2 is 1.79 bits per heavy atom. The van der Waals surface area contributed by atoms with Crippen molar-refractivity contribution in [2.45, 2.75) is 43.3 Å². The minimum Gasteiger partial charge on any atom is -0.391 e. The Labute approximate surface area is 160 Å². The molecule has 0 spiro atoms. The Bertz CT molecular complexity index is 719. The average Bonchev–Trinajstić information content (AvgIpc) is 2.99. The van der Waals surface area contributed by atoms with Gasteiger partial charge in [-0.3, -0.25) is 4.79 Å². The predicted molar refractivity (Wildman–Crippen MR) is 83.0 cm³/mol. The largest absolute Gasteiger partial charge is 0.455 e. The van der Waals surface area contributed by atoms with E-state index in [1.807, 2.05) is 0 Å². The number of amides is 1. The molecule has 0 aliphatic carbocycles. The highest BCUT2D eigenvalue weighted by molar-refractivity contribution is 5.77. The summed E-state index contributed by atoms with van der Waals surface area (Å²) in [4.78, 5) is 13.3. The molecular formula is C17H17F8NO3. The monoisotopic (exact) mass is 435 g/mol. The Hall–Kier alpha value is -1.95. The summed E-state index contributed by atoms with van der Waals surface area (Å²) in [6.07, 6.45) is -12.0. The van der Waals surface area contributed by atoms with E-state index in [1.165, 1.54) is 6.07 Å². The lowest BCUT2D eigenvalue weighted by atomic mass is 10.0. The predicted octanol–water partition coefficient (Wildman–Crippen LogP) is 3.94. The Balaban J connectivity index is 2.01. The lowest BCUT2D eigenvalue weighted by Gasteiger charge is -2.25. The number of hydrogen-bond acceptors (Lipinski definition) is 3. The summed E-state index contributed by atoms with van der Waals surface area (Å²) in [5, 5.41) is 9.81. The Morgan fingerprint density at radius 3 is 2.38 bits per heavy atom. The topological polar surface area (TPSA) is 49.8 Å². The molecule has 12 heteroatoms. The second-order valence-electron chi connectivity index (χ2n) is 6.58. The highest BCUT2D eigenvalue weighted by Gasteiger charge is 2.57. The van der Waals surface area contributed by atoms with Crippen LogP contribution >= 0.6 is 0 Å². The summed E-state index contributed by atoms with van der Waals surface area (Å²) in [5.74, 6) is -5.82. The van der Waals surface area contributed by atoms with Gasteiger partial charge in [0, 0.05) is 6.54 Å². The molecule has 1 aromatic rings. The number of carbonyl (C=O) groups is 1. The standard InChI is InChI=1S/C17H17F8NO3/c18-15(19,17(23,24)25)9-29-5-4-14(28)26-8-12(27)7-13(26)10-2-1-3-11(6-10)16(20,21)22/h1-3,6,12-13,27H,4-5,7-9H2. The first kappa shape index (κ1) is 23.3. The van der Waals surface area contributed by atoms with E-state index in [4.69, 9.17) is 0 Å². The van der Waals surface area contributed by atoms with Crippen molar-refractivity contribution in [1.82, 2.24) is 4.90 Å². The van der Waals surface area contributed by atoms with Crippen molar-refractivity contribution in [3.63, 3.8) is 0 Å². The van der Waals surface area contributed by atoms with Gasteiger partial charge in [-0.25, -0.2) is 0 Å². The molecule has 0 saturated carbocycles. The van der Waals surface area contributed by atoms with Crippen LogP contribution in [0.2, 0.25) is 0 Å². The van der Waals surface area contributed by atoms with Crippen LogP contribution in [0.25, 0.3) is 0 Å². The third-order valence-electron chi connectivity index (χ3n) is 4.36. The van der Waals surface area contributed by atoms with E-state index in [0.717, 1.165) is 23.1 Å². The lowest BCUT2D eigenvalue weighted by molar-refractivity contribution is -0.296. The van der Waals surface area contributed by atoms with Gasteiger partial charge in [-0.1, -0.05) is 12.1 Å². The second kappa shape index (κ2) is 8.42. The molecule has 1 aliphatic heterocycles. The molecule has 1 heterocycles. The number of benzene rings is 1. The van der Waals surface area contributed by atoms with Crippen molar-refractivity contribution in [3.05, 3.63) is 35.4 Å². The van der Waals surface area contributed by atoms with Gasteiger partial charge in [-0.15, -0.1) is 0 Å². The van der Waals surface area contributed by atoms with Gasteiger partial charge < -0.3 is 14.7 Å². The van der Waals surface area contributed by atoms with E-state index < -0.39 is 61.5 Å². The fourth-order valence-corrected chi connectivity index (χ4v) is 2.91. The van der Waals surface area contributed by atoms with Crippen LogP contribution in [0.15, 0.2) is 24.3 Å². The molecule has 164 valence electrons. The fourth-order valence-electron chi connectivity index (χ4n) is 2.91. The molecule has 2 unspecified atom stereocenters. The maximum atomic E-state index is 12.9. The average molecular weight is 435 g/mol. The van der Waals surface area contributed by atoms with E-state index in [0.29, 0.717) is 0 Å².